The van der Waals surface area contributed by atoms with E-state index in [4.69, 9.17) is 0 Å². The number of β-lactam (4-membered cyclic amide) rings is 1. The number of urea groups is 1. The van der Waals surface area contributed by atoms with Crippen LogP contribution in [-0.4, -0.2) is 80.8 Å². The van der Waals surface area contributed by atoms with Crippen LogP contribution in [0, 0.1) is 0 Å². The summed E-state index contributed by atoms with van der Waals surface area (Å²) < 4.78 is -0.0839. The van der Waals surface area contributed by atoms with Gasteiger partial charge in [-0.1, -0.05) is 0 Å². The Morgan fingerprint density at radius 3 is 2.52 bits per heavy atom. The van der Waals surface area contributed by atoms with Gasteiger partial charge < -0.3 is 15.1 Å². The van der Waals surface area contributed by atoms with E-state index in [9.17, 15) is 19.2 Å². The third-order valence-corrected chi connectivity index (χ3v) is 6.58. The highest BCUT2D eigenvalue weighted by atomic mass is 32.2. The molecule has 126 valence electrons. The van der Waals surface area contributed by atoms with Crippen LogP contribution < -0.4 is 5.32 Å². The van der Waals surface area contributed by atoms with Crippen LogP contribution in [0.25, 0.3) is 0 Å². The van der Waals surface area contributed by atoms with Crippen LogP contribution in [-0.2, 0) is 14.4 Å². The summed E-state index contributed by atoms with van der Waals surface area (Å²) >= 11 is 1.64. The Kier molecular flexibility index (Phi) is 3.58. The molecular weight excluding hydrogens is 320 g/mol. The Hall–Kier alpha value is -1.77. The van der Waals surface area contributed by atoms with Crippen LogP contribution in [0.5, 0.6) is 0 Å². The number of likely N-dealkylation sites (N-methyl/N-ethyl adjacent to an activating group) is 1. The van der Waals surface area contributed by atoms with Gasteiger partial charge in [0.05, 0.1) is 0 Å². The van der Waals surface area contributed by atoms with E-state index in [1.165, 1.54) is 11.9 Å². The first-order valence-electron chi connectivity index (χ1n) is 7.52. The van der Waals surface area contributed by atoms with Crippen molar-refractivity contribution < 1.29 is 19.2 Å². The predicted molar refractivity (Wildman–Crippen MR) is 83.4 cm³/mol. The van der Waals surface area contributed by atoms with E-state index >= 15 is 0 Å². The van der Waals surface area contributed by atoms with Crippen LogP contribution in [0.3, 0.4) is 0 Å². The van der Waals surface area contributed by atoms with Gasteiger partial charge in [0.1, 0.15) is 11.4 Å². The number of imide groups is 1. The molecule has 3 heterocycles. The average molecular weight is 340 g/mol. The van der Waals surface area contributed by atoms with Crippen molar-refractivity contribution in [2.45, 2.75) is 43.0 Å². The Bertz CT molecular complexity index is 608. The summed E-state index contributed by atoms with van der Waals surface area (Å²) in [5, 5.41) is 2.50. The lowest BCUT2D eigenvalue weighted by Gasteiger charge is -2.44. The molecule has 3 aliphatic rings. The molecule has 3 rings (SSSR count). The second-order valence-electron chi connectivity index (χ2n) is 6.64. The number of carbonyl (C=O) groups excluding carboxylic acids is 4. The maximum Gasteiger partial charge on any atom is 0.325 e. The fraction of sp³-hybridized carbons (Fsp3) is 0.714. The van der Waals surface area contributed by atoms with E-state index in [-0.39, 0.29) is 28.6 Å². The minimum absolute atomic E-state index is 0.0839. The van der Waals surface area contributed by atoms with Crippen LogP contribution in [0.4, 0.5) is 4.79 Å². The first kappa shape index (κ1) is 16.1. The van der Waals surface area contributed by atoms with E-state index in [0.29, 0.717) is 6.54 Å². The molecule has 3 saturated heterocycles. The number of piperazine rings is 1. The minimum atomic E-state index is -0.854. The number of fused-ring (bicyclic) bond motifs is 1. The van der Waals surface area contributed by atoms with Gasteiger partial charge in [0.2, 0.25) is 5.91 Å². The minimum Gasteiger partial charge on any atom is -0.336 e. The molecule has 5 amide bonds. The van der Waals surface area contributed by atoms with Gasteiger partial charge in [-0.25, -0.2) is 4.79 Å². The van der Waals surface area contributed by atoms with Gasteiger partial charge in [-0.05, 0) is 20.8 Å². The van der Waals surface area contributed by atoms with Gasteiger partial charge in [-0.2, -0.15) is 0 Å². The molecule has 3 atom stereocenters. The molecule has 0 spiro atoms. The van der Waals surface area contributed by atoms with Gasteiger partial charge in [-0.15, -0.1) is 11.8 Å². The molecule has 3 aliphatic heterocycles. The van der Waals surface area contributed by atoms with E-state index in [0.717, 1.165) is 4.90 Å². The van der Waals surface area contributed by atoms with Gasteiger partial charge in [0, 0.05) is 30.9 Å². The molecule has 0 aromatic carbocycles. The van der Waals surface area contributed by atoms with Crippen molar-refractivity contribution in [1.82, 2.24) is 20.0 Å². The van der Waals surface area contributed by atoms with Crippen molar-refractivity contribution in [3.8, 4) is 0 Å². The quantitative estimate of drug-likeness (QED) is 0.511. The zero-order valence-electron chi connectivity index (χ0n) is 13.5. The second-order valence-corrected chi connectivity index (χ2v) is 8.41. The van der Waals surface area contributed by atoms with E-state index in [2.05, 4.69) is 19.2 Å². The van der Waals surface area contributed by atoms with Crippen molar-refractivity contribution in [3.05, 3.63) is 0 Å². The molecule has 3 unspecified atom stereocenters. The predicted octanol–water partition coefficient (Wildman–Crippen LogP) is -0.553. The van der Waals surface area contributed by atoms with E-state index < -0.39 is 23.9 Å². The van der Waals surface area contributed by atoms with Crippen LogP contribution in [0.2, 0.25) is 0 Å². The lowest BCUT2D eigenvalue weighted by atomic mass is 9.97. The maximum atomic E-state index is 12.3. The van der Waals surface area contributed by atoms with E-state index in [1.54, 1.807) is 16.7 Å². The van der Waals surface area contributed by atoms with Crippen LogP contribution >= 0.6 is 11.8 Å². The van der Waals surface area contributed by atoms with Gasteiger partial charge in [0.25, 0.3) is 0 Å². The maximum absolute atomic E-state index is 12.3. The number of carbonyl (C=O) groups is 4. The number of amides is 5. The Morgan fingerprint density at radius 2 is 1.87 bits per heavy atom. The number of nitrogens with zero attached hydrogens (tertiary/aromatic N) is 3. The first-order chi connectivity index (χ1) is 10.6. The van der Waals surface area contributed by atoms with Crippen molar-refractivity contribution in [1.29, 1.82) is 0 Å². The van der Waals surface area contributed by atoms with Crippen molar-refractivity contribution in [3.63, 3.8) is 0 Å². The lowest BCUT2D eigenvalue weighted by molar-refractivity contribution is -0.153. The molecule has 0 radical (unpaired) electrons. The lowest BCUT2D eigenvalue weighted by Crippen LogP contribution is -2.71. The molecule has 8 nitrogen and oxygen atoms in total. The molecule has 3 fully saturated rings. The second kappa shape index (κ2) is 5.12. The molecule has 1 N–H and O–H groups in total. The Morgan fingerprint density at radius 1 is 1.22 bits per heavy atom. The molecular formula is C14H20N4O4S. The zero-order chi connectivity index (χ0) is 17.1. The SMILES string of the molecule is CC1N2C(=O)C(NC(=O)N3CCN(C)C(=O)C3=O)C2SC1(C)C. The number of nitrogens with one attached hydrogen (secondary N) is 1. The van der Waals surface area contributed by atoms with Crippen molar-refractivity contribution in [2.24, 2.45) is 0 Å². The van der Waals surface area contributed by atoms with E-state index in [1.807, 2.05) is 6.92 Å². The zero-order valence-corrected chi connectivity index (χ0v) is 14.3. The smallest absolute Gasteiger partial charge is 0.325 e. The molecule has 0 bridgehead atoms. The fourth-order valence-corrected chi connectivity index (χ4v) is 4.69. The molecule has 0 aromatic heterocycles. The van der Waals surface area contributed by atoms with Crippen molar-refractivity contribution in [2.75, 3.05) is 20.1 Å². The van der Waals surface area contributed by atoms with Crippen molar-refractivity contribution >= 4 is 35.5 Å². The monoisotopic (exact) mass is 340 g/mol. The fourth-order valence-electron chi connectivity index (χ4n) is 3.04. The highest BCUT2D eigenvalue weighted by molar-refractivity contribution is 8.01. The topological polar surface area (TPSA) is 90.0 Å². The largest absolute Gasteiger partial charge is 0.336 e. The Labute approximate surface area is 138 Å². The summed E-state index contributed by atoms with van der Waals surface area (Å²) in [5.74, 6) is -1.70. The summed E-state index contributed by atoms with van der Waals surface area (Å²) in [7, 11) is 1.52. The van der Waals surface area contributed by atoms with Crippen LogP contribution in [0.15, 0.2) is 0 Å². The molecule has 0 aliphatic carbocycles. The summed E-state index contributed by atoms with van der Waals surface area (Å²) in [4.78, 5) is 52.1. The third kappa shape index (κ3) is 2.29. The molecule has 0 saturated carbocycles. The van der Waals surface area contributed by atoms with Gasteiger partial charge in [-0.3, -0.25) is 19.3 Å². The average Bonchev–Trinajstić information content (AvgIpc) is 2.70. The molecule has 9 heteroatoms. The molecule has 0 aromatic rings. The summed E-state index contributed by atoms with van der Waals surface area (Å²) in [5.41, 5.74) is 0. The first-order valence-corrected chi connectivity index (χ1v) is 8.40. The third-order valence-electron chi connectivity index (χ3n) is 4.89. The number of hydrogen-bond acceptors (Lipinski definition) is 5. The molecule has 23 heavy (non-hydrogen) atoms. The normalized spacial score (nSPS) is 32.8. The highest BCUT2D eigenvalue weighted by Crippen LogP contribution is 2.50. The van der Waals surface area contributed by atoms with Gasteiger partial charge >= 0.3 is 17.8 Å². The summed E-state index contributed by atoms with van der Waals surface area (Å²) in [6, 6.07) is -1.23. The number of thioether (sulfide) groups is 1. The summed E-state index contributed by atoms with van der Waals surface area (Å²) in [6.45, 7) is 6.55. The van der Waals surface area contributed by atoms with Crippen LogP contribution in [0.1, 0.15) is 20.8 Å². The number of rotatable bonds is 1. The Balaban J connectivity index is 1.67. The highest BCUT2D eigenvalue weighted by Gasteiger charge is 2.60. The summed E-state index contributed by atoms with van der Waals surface area (Å²) in [6.07, 6.45) is 0. The van der Waals surface area contributed by atoms with Gasteiger partial charge in [0.15, 0.2) is 0 Å². The number of hydrogen-bond donors (Lipinski definition) is 1. The standard InChI is InChI=1S/C14H20N4O4S/c1-7-14(2,3)23-12-8(9(19)18(7)12)15-13(22)17-6-5-16(4)10(20)11(17)21/h7-8,12H,5-6H2,1-4H3,(H,15,22).